The van der Waals surface area contributed by atoms with Crippen LogP contribution in [-0.2, 0) is 6.42 Å². The van der Waals surface area contributed by atoms with Crippen LogP contribution in [-0.4, -0.2) is 10.2 Å². The van der Waals surface area contributed by atoms with Crippen molar-refractivity contribution in [3.63, 3.8) is 0 Å². The van der Waals surface area contributed by atoms with Gasteiger partial charge in [0.15, 0.2) is 0 Å². The number of fused-ring (bicyclic) bond motifs is 4. The Labute approximate surface area is 200 Å². The van der Waals surface area contributed by atoms with Crippen molar-refractivity contribution in [3.8, 4) is 0 Å². The SMILES string of the molecule is OC1c2ccccc2[C@@H]2[C@H]1[C@@H](c1ccccc1)C1(Cc3ccccc3C1O)[C@H]2c1ccccc1. The largest absolute Gasteiger partial charge is 0.388 e. The minimum atomic E-state index is -0.593. The van der Waals surface area contributed by atoms with Crippen LogP contribution in [0.5, 0.6) is 0 Å². The fraction of sp³-hybridized carbons (Fsp3) is 0.250. The molecule has 0 bridgehead atoms. The highest BCUT2D eigenvalue weighted by Gasteiger charge is 2.69. The van der Waals surface area contributed by atoms with Crippen LogP contribution in [0.2, 0.25) is 0 Å². The predicted octanol–water partition coefficient (Wildman–Crippen LogP) is 6.29. The molecule has 2 nitrogen and oxygen atoms in total. The zero-order chi connectivity index (χ0) is 22.9. The van der Waals surface area contributed by atoms with E-state index in [2.05, 4.69) is 97.1 Å². The average Bonchev–Trinajstić information content (AvgIpc) is 3.46. The summed E-state index contributed by atoms with van der Waals surface area (Å²) in [5, 5.41) is 24.0. The summed E-state index contributed by atoms with van der Waals surface area (Å²) < 4.78 is 0. The topological polar surface area (TPSA) is 40.5 Å². The predicted molar refractivity (Wildman–Crippen MR) is 134 cm³/mol. The lowest BCUT2D eigenvalue weighted by molar-refractivity contribution is 0.00179. The summed E-state index contributed by atoms with van der Waals surface area (Å²) in [6.45, 7) is 0. The summed E-state index contributed by atoms with van der Waals surface area (Å²) in [6, 6.07) is 38.2. The quantitative estimate of drug-likeness (QED) is 0.381. The van der Waals surface area contributed by atoms with Gasteiger partial charge in [-0.1, -0.05) is 109 Å². The molecule has 1 saturated carbocycles. The molecule has 34 heavy (non-hydrogen) atoms. The van der Waals surface area contributed by atoms with Gasteiger partial charge in [0.1, 0.15) is 0 Å². The van der Waals surface area contributed by atoms with Crippen molar-refractivity contribution in [2.45, 2.75) is 36.4 Å². The Morgan fingerprint density at radius 3 is 1.74 bits per heavy atom. The van der Waals surface area contributed by atoms with Gasteiger partial charge in [-0.15, -0.1) is 0 Å². The van der Waals surface area contributed by atoms with Crippen molar-refractivity contribution in [1.29, 1.82) is 0 Å². The Morgan fingerprint density at radius 1 is 0.559 bits per heavy atom. The van der Waals surface area contributed by atoms with Gasteiger partial charge in [0.2, 0.25) is 0 Å². The summed E-state index contributed by atoms with van der Waals surface area (Å²) in [4.78, 5) is 0. The maximum atomic E-state index is 12.2. The second-order valence-corrected chi connectivity index (χ2v) is 10.3. The first kappa shape index (κ1) is 20.2. The normalized spacial score (nSPS) is 33.0. The molecule has 168 valence electrons. The van der Waals surface area contributed by atoms with Gasteiger partial charge in [-0.3, -0.25) is 0 Å². The van der Waals surface area contributed by atoms with Crippen LogP contribution in [0.3, 0.4) is 0 Å². The molecule has 0 heterocycles. The molecule has 1 spiro atoms. The van der Waals surface area contributed by atoms with E-state index in [0.29, 0.717) is 0 Å². The van der Waals surface area contributed by atoms with E-state index in [-0.39, 0.29) is 23.7 Å². The molecule has 3 aliphatic rings. The number of hydrogen-bond acceptors (Lipinski definition) is 2. The second kappa shape index (κ2) is 7.40. The lowest BCUT2D eigenvalue weighted by atomic mass is 9.62. The smallest absolute Gasteiger partial charge is 0.0864 e. The molecule has 2 heteroatoms. The van der Waals surface area contributed by atoms with Gasteiger partial charge in [0, 0.05) is 17.3 Å². The molecule has 3 unspecified atom stereocenters. The third kappa shape index (κ3) is 2.53. The lowest BCUT2D eigenvalue weighted by Gasteiger charge is -2.43. The third-order valence-corrected chi connectivity index (χ3v) is 9.03. The van der Waals surface area contributed by atoms with Gasteiger partial charge < -0.3 is 10.2 Å². The molecule has 0 aliphatic heterocycles. The molecule has 1 fully saturated rings. The van der Waals surface area contributed by atoms with Crippen LogP contribution in [0.25, 0.3) is 0 Å². The fourth-order valence-corrected chi connectivity index (χ4v) is 7.98. The van der Waals surface area contributed by atoms with Crippen LogP contribution < -0.4 is 0 Å². The summed E-state index contributed by atoms with van der Waals surface area (Å²) in [6.07, 6.45) is -0.331. The Balaban J connectivity index is 1.54. The second-order valence-electron chi connectivity index (χ2n) is 10.3. The Bertz CT molecular complexity index is 1350. The van der Waals surface area contributed by atoms with Crippen LogP contribution in [0.15, 0.2) is 109 Å². The van der Waals surface area contributed by atoms with Gasteiger partial charge in [-0.05, 0) is 51.6 Å². The standard InChI is InChI=1S/C32H28O2/c33-30-25-18-10-9-17-24(25)26-27(30)29(21-13-5-2-6-14-21)32(28(26)20-11-3-1-4-12-20)19-22-15-7-8-16-23(22)31(32)34/h1-18,26-31,33-34H,19H2/t26-,27+,28+,29-,30?,31?,32?/m1/s1. The first-order valence-electron chi connectivity index (χ1n) is 12.3. The number of benzene rings is 4. The van der Waals surface area contributed by atoms with Crippen molar-refractivity contribution >= 4 is 0 Å². The Morgan fingerprint density at radius 2 is 1.09 bits per heavy atom. The van der Waals surface area contributed by atoms with Crippen molar-refractivity contribution in [1.82, 2.24) is 0 Å². The summed E-state index contributed by atoms with van der Waals surface area (Å²) in [7, 11) is 0. The van der Waals surface area contributed by atoms with E-state index >= 15 is 0 Å². The minimum Gasteiger partial charge on any atom is -0.388 e. The minimum absolute atomic E-state index is 0.00830. The molecule has 7 atom stereocenters. The molecular formula is C32H28O2. The fourth-order valence-electron chi connectivity index (χ4n) is 7.98. The van der Waals surface area contributed by atoms with Crippen LogP contribution in [0.1, 0.15) is 63.3 Å². The average molecular weight is 445 g/mol. The number of aliphatic hydroxyl groups excluding tert-OH is 2. The van der Waals surface area contributed by atoms with E-state index < -0.39 is 17.6 Å². The Kier molecular flexibility index (Phi) is 4.39. The maximum Gasteiger partial charge on any atom is 0.0864 e. The zero-order valence-electron chi connectivity index (χ0n) is 19.0. The summed E-state index contributed by atoms with van der Waals surface area (Å²) >= 11 is 0. The monoisotopic (exact) mass is 444 g/mol. The number of hydrogen-bond donors (Lipinski definition) is 2. The highest BCUT2D eigenvalue weighted by atomic mass is 16.3. The van der Waals surface area contributed by atoms with E-state index in [9.17, 15) is 10.2 Å². The van der Waals surface area contributed by atoms with Crippen LogP contribution >= 0.6 is 0 Å². The Hall–Kier alpha value is -3.20. The summed E-state index contributed by atoms with van der Waals surface area (Å²) in [5.41, 5.74) is 6.62. The van der Waals surface area contributed by atoms with E-state index in [1.54, 1.807) is 0 Å². The molecule has 0 saturated heterocycles. The maximum absolute atomic E-state index is 12.2. The van der Waals surface area contributed by atoms with Gasteiger partial charge in [0.25, 0.3) is 0 Å². The first-order chi connectivity index (χ1) is 16.7. The first-order valence-corrected chi connectivity index (χ1v) is 12.3. The molecule has 0 radical (unpaired) electrons. The van der Waals surface area contributed by atoms with Crippen molar-refractivity contribution in [2.24, 2.45) is 11.3 Å². The lowest BCUT2D eigenvalue weighted by Crippen LogP contribution is -2.37. The van der Waals surface area contributed by atoms with Gasteiger partial charge in [-0.25, -0.2) is 0 Å². The van der Waals surface area contributed by atoms with E-state index in [1.807, 2.05) is 12.1 Å². The highest BCUT2D eigenvalue weighted by Crippen LogP contribution is 2.77. The highest BCUT2D eigenvalue weighted by molar-refractivity contribution is 5.53. The molecule has 4 aromatic carbocycles. The molecule has 2 N–H and O–H groups in total. The summed E-state index contributed by atoms with van der Waals surface area (Å²) in [5.74, 6) is 0.259. The third-order valence-electron chi connectivity index (χ3n) is 9.03. The molecular weight excluding hydrogens is 416 g/mol. The van der Waals surface area contributed by atoms with E-state index in [0.717, 1.165) is 17.5 Å². The van der Waals surface area contributed by atoms with E-state index in [1.165, 1.54) is 22.3 Å². The molecule has 0 aromatic heterocycles. The van der Waals surface area contributed by atoms with Crippen LogP contribution in [0.4, 0.5) is 0 Å². The van der Waals surface area contributed by atoms with Gasteiger partial charge in [-0.2, -0.15) is 0 Å². The van der Waals surface area contributed by atoms with Crippen molar-refractivity contribution in [3.05, 3.63) is 143 Å². The van der Waals surface area contributed by atoms with Crippen molar-refractivity contribution < 1.29 is 10.2 Å². The molecule has 4 aromatic rings. The molecule has 3 aliphatic carbocycles. The van der Waals surface area contributed by atoms with Gasteiger partial charge >= 0.3 is 0 Å². The van der Waals surface area contributed by atoms with Crippen LogP contribution in [0, 0.1) is 11.3 Å². The van der Waals surface area contributed by atoms with E-state index in [4.69, 9.17) is 0 Å². The zero-order valence-corrected chi connectivity index (χ0v) is 19.0. The number of aliphatic hydroxyl groups is 2. The van der Waals surface area contributed by atoms with Gasteiger partial charge in [0.05, 0.1) is 12.2 Å². The number of rotatable bonds is 2. The molecule has 0 amide bonds. The van der Waals surface area contributed by atoms with Crippen molar-refractivity contribution in [2.75, 3.05) is 0 Å². The molecule has 7 rings (SSSR count).